The van der Waals surface area contributed by atoms with Crippen LogP contribution >= 0.6 is 0 Å². The van der Waals surface area contributed by atoms with Gasteiger partial charge in [0, 0.05) is 39.1 Å². The fraction of sp³-hybridized carbons (Fsp3) is 0.923. The van der Waals surface area contributed by atoms with Crippen molar-refractivity contribution < 1.29 is 14.7 Å². The van der Waals surface area contributed by atoms with Crippen LogP contribution in [-0.2, 0) is 4.79 Å². The maximum absolute atomic E-state index is 12.7. The van der Waals surface area contributed by atoms with Crippen LogP contribution in [0.25, 0.3) is 0 Å². The van der Waals surface area contributed by atoms with Crippen molar-refractivity contribution in [2.75, 3.05) is 45.8 Å². The average Bonchev–Trinajstić information content (AvgIpc) is 2.80. The summed E-state index contributed by atoms with van der Waals surface area (Å²) in [4.78, 5) is 29.5. The quantitative estimate of drug-likeness (QED) is 0.244. The molecule has 1 rings (SSSR count). The number of unbranched alkanes of at least 4 members (excludes halogenated alkanes) is 12. The number of carbonyl (C=O) groups is 2. The molecule has 188 valence electrons. The fourth-order valence-corrected chi connectivity index (χ4v) is 4.48. The van der Waals surface area contributed by atoms with Gasteiger partial charge in [-0.05, 0) is 25.9 Å². The number of nitrogens with zero attached hydrogens (tertiary/aromatic N) is 3. The van der Waals surface area contributed by atoms with Gasteiger partial charge < -0.3 is 19.8 Å². The molecule has 0 bridgehead atoms. The highest BCUT2D eigenvalue weighted by Crippen LogP contribution is 2.11. The van der Waals surface area contributed by atoms with Crippen LogP contribution < -0.4 is 0 Å². The molecular formula is C26H51N3O3. The van der Waals surface area contributed by atoms with Crippen molar-refractivity contribution in [1.29, 1.82) is 0 Å². The molecule has 1 aliphatic rings. The molecule has 0 aliphatic carbocycles. The van der Waals surface area contributed by atoms with Gasteiger partial charge in [0.05, 0.1) is 0 Å². The van der Waals surface area contributed by atoms with E-state index >= 15 is 0 Å². The number of carboxylic acid groups (broad SMARTS) is 1. The fourth-order valence-electron chi connectivity index (χ4n) is 4.48. The van der Waals surface area contributed by atoms with Gasteiger partial charge in [-0.15, -0.1) is 0 Å². The number of carbonyl (C=O) groups excluding carboxylic acids is 1. The van der Waals surface area contributed by atoms with Gasteiger partial charge in [0.25, 0.3) is 0 Å². The largest absolute Gasteiger partial charge is 0.465 e. The maximum Gasteiger partial charge on any atom is 0.407 e. The lowest BCUT2D eigenvalue weighted by atomic mass is 10.1. The number of rotatable bonds is 19. The van der Waals surface area contributed by atoms with E-state index in [0.29, 0.717) is 32.6 Å². The minimum Gasteiger partial charge on any atom is -0.465 e. The molecule has 1 saturated heterocycles. The van der Waals surface area contributed by atoms with Gasteiger partial charge in [-0.2, -0.15) is 0 Å². The van der Waals surface area contributed by atoms with Gasteiger partial charge >= 0.3 is 6.09 Å². The van der Waals surface area contributed by atoms with Gasteiger partial charge in [0.2, 0.25) is 5.91 Å². The highest BCUT2D eigenvalue weighted by Gasteiger charge is 2.23. The van der Waals surface area contributed by atoms with Crippen molar-refractivity contribution in [3.05, 3.63) is 0 Å². The zero-order chi connectivity index (χ0) is 23.4. The van der Waals surface area contributed by atoms with Crippen molar-refractivity contribution in [2.45, 2.75) is 110 Å². The number of piperazine rings is 1. The maximum atomic E-state index is 12.7. The third-order valence-electron chi connectivity index (χ3n) is 6.70. The summed E-state index contributed by atoms with van der Waals surface area (Å²) in [6.45, 7) is 9.48. The SMILES string of the molecule is CCCCCCCCCN(CCCCCCCCC)CCC(=O)N1CCN(C(=O)O)CC1. The van der Waals surface area contributed by atoms with E-state index in [-0.39, 0.29) is 5.91 Å². The van der Waals surface area contributed by atoms with E-state index in [1.165, 1.54) is 94.8 Å². The molecule has 1 fully saturated rings. The summed E-state index contributed by atoms with van der Waals surface area (Å²) in [6.07, 6.45) is 18.1. The summed E-state index contributed by atoms with van der Waals surface area (Å²) in [7, 11) is 0. The Balaban J connectivity index is 2.30. The van der Waals surface area contributed by atoms with Crippen LogP contribution in [0.2, 0.25) is 0 Å². The Bertz CT molecular complexity index is 461. The second-order valence-electron chi connectivity index (χ2n) is 9.48. The highest BCUT2D eigenvalue weighted by atomic mass is 16.4. The van der Waals surface area contributed by atoms with Crippen LogP contribution in [-0.4, -0.2) is 77.6 Å². The van der Waals surface area contributed by atoms with Gasteiger partial charge in [-0.1, -0.05) is 90.9 Å². The second-order valence-corrected chi connectivity index (χ2v) is 9.48. The van der Waals surface area contributed by atoms with E-state index in [9.17, 15) is 9.59 Å². The lowest BCUT2D eigenvalue weighted by Crippen LogP contribution is -2.50. The van der Waals surface area contributed by atoms with E-state index < -0.39 is 6.09 Å². The molecule has 0 aromatic heterocycles. The normalized spacial score (nSPS) is 14.3. The van der Waals surface area contributed by atoms with Crippen LogP contribution in [0.5, 0.6) is 0 Å². The molecular weight excluding hydrogens is 402 g/mol. The molecule has 32 heavy (non-hydrogen) atoms. The minimum atomic E-state index is -0.882. The van der Waals surface area contributed by atoms with Crippen LogP contribution in [0.4, 0.5) is 4.79 Å². The van der Waals surface area contributed by atoms with Gasteiger partial charge in [-0.25, -0.2) is 4.79 Å². The van der Waals surface area contributed by atoms with E-state index in [4.69, 9.17) is 5.11 Å². The van der Waals surface area contributed by atoms with Gasteiger partial charge in [-0.3, -0.25) is 4.79 Å². The Labute approximate surface area is 197 Å². The van der Waals surface area contributed by atoms with E-state index in [0.717, 1.165) is 19.6 Å². The number of hydrogen-bond donors (Lipinski definition) is 1. The predicted molar refractivity (Wildman–Crippen MR) is 133 cm³/mol. The first-order chi connectivity index (χ1) is 15.6. The molecule has 0 aromatic carbocycles. The van der Waals surface area contributed by atoms with Crippen molar-refractivity contribution in [1.82, 2.24) is 14.7 Å². The third kappa shape index (κ3) is 14.0. The van der Waals surface area contributed by atoms with Crippen LogP contribution in [0.1, 0.15) is 110 Å². The summed E-state index contributed by atoms with van der Waals surface area (Å²) in [6, 6.07) is 0. The Morgan fingerprint density at radius 2 is 1.03 bits per heavy atom. The zero-order valence-electron chi connectivity index (χ0n) is 21.2. The molecule has 0 atom stereocenters. The Kier molecular flexibility index (Phi) is 17.2. The molecule has 0 unspecified atom stereocenters. The molecule has 6 nitrogen and oxygen atoms in total. The molecule has 1 N–H and O–H groups in total. The molecule has 1 aliphatic heterocycles. The summed E-state index contributed by atoms with van der Waals surface area (Å²) >= 11 is 0. The van der Waals surface area contributed by atoms with E-state index in [1.807, 2.05) is 4.90 Å². The van der Waals surface area contributed by atoms with Crippen molar-refractivity contribution in [3.8, 4) is 0 Å². The van der Waals surface area contributed by atoms with Crippen LogP contribution in [0.15, 0.2) is 0 Å². The first-order valence-corrected chi connectivity index (χ1v) is 13.6. The standard InChI is InChI=1S/C26H51N3O3/c1-3-5-7-9-11-13-15-18-27(19-16-14-12-10-8-6-4-2)20-17-25(30)28-21-23-29(24-22-28)26(31)32/h3-24H2,1-2H3,(H,31,32). The van der Waals surface area contributed by atoms with Gasteiger partial charge in [0.15, 0.2) is 0 Å². The Hall–Kier alpha value is -1.30. The topological polar surface area (TPSA) is 64.1 Å². The van der Waals surface area contributed by atoms with Gasteiger partial charge in [0.1, 0.15) is 0 Å². The Morgan fingerprint density at radius 3 is 1.47 bits per heavy atom. The zero-order valence-corrected chi connectivity index (χ0v) is 21.2. The molecule has 0 saturated carbocycles. The number of hydrogen-bond acceptors (Lipinski definition) is 3. The predicted octanol–water partition coefficient (Wildman–Crippen LogP) is 6.00. The Morgan fingerprint density at radius 1 is 0.625 bits per heavy atom. The lowest BCUT2D eigenvalue weighted by Gasteiger charge is -2.33. The molecule has 0 aromatic rings. The first-order valence-electron chi connectivity index (χ1n) is 13.6. The number of amides is 2. The molecule has 0 spiro atoms. The summed E-state index contributed by atoms with van der Waals surface area (Å²) in [5.74, 6) is 0.180. The van der Waals surface area contributed by atoms with Crippen LogP contribution in [0, 0.1) is 0 Å². The summed E-state index contributed by atoms with van der Waals surface area (Å²) in [5, 5.41) is 9.08. The lowest BCUT2D eigenvalue weighted by molar-refractivity contribution is -0.133. The highest BCUT2D eigenvalue weighted by molar-refractivity contribution is 5.76. The first kappa shape index (κ1) is 28.7. The molecule has 2 amide bonds. The molecule has 1 heterocycles. The van der Waals surface area contributed by atoms with Crippen molar-refractivity contribution in [2.24, 2.45) is 0 Å². The second kappa shape index (κ2) is 19.2. The monoisotopic (exact) mass is 453 g/mol. The average molecular weight is 454 g/mol. The molecule has 6 heteroatoms. The smallest absolute Gasteiger partial charge is 0.407 e. The van der Waals surface area contributed by atoms with E-state index in [2.05, 4.69) is 18.7 Å². The van der Waals surface area contributed by atoms with Crippen molar-refractivity contribution in [3.63, 3.8) is 0 Å². The minimum absolute atomic E-state index is 0.180. The third-order valence-corrected chi connectivity index (χ3v) is 6.70. The van der Waals surface area contributed by atoms with E-state index in [1.54, 1.807) is 0 Å². The molecule has 0 radical (unpaired) electrons. The van der Waals surface area contributed by atoms with Crippen molar-refractivity contribution >= 4 is 12.0 Å². The summed E-state index contributed by atoms with van der Waals surface area (Å²) < 4.78 is 0. The van der Waals surface area contributed by atoms with Crippen LogP contribution in [0.3, 0.4) is 0 Å². The summed E-state index contributed by atoms with van der Waals surface area (Å²) in [5.41, 5.74) is 0.